The van der Waals surface area contributed by atoms with Crippen LogP contribution in [0.15, 0.2) is 21.8 Å². The first-order chi connectivity index (χ1) is 10.1. The second-order valence-corrected chi connectivity index (χ2v) is 6.11. The van der Waals surface area contributed by atoms with Crippen LogP contribution in [0.4, 0.5) is 0 Å². The fraction of sp³-hybridized carbons (Fsp3) is 0.500. The quantitative estimate of drug-likeness (QED) is 0.656. The van der Waals surface area contributed by atoms with Crippen molar-refractivity contribution in [3.05, 3.63) is 29.6 Å². The van der Waals surface area contributed by atoms with E-state index in [0.717, 1.165) is 12.3 Å². The Bertz CT molecular complexity index is 677. The van der Waals surface area contributed by atoms with Crippen LogP contribution in [-0.2, 0) is 29.5 Å². The smallest absolute Gasteiger partial charge is 0.258 e. The van der Waals surface area contributed by atoms with E-state index in [1.54, 1.807) is 6.20 Å². The molecule has 2 aromatic rings. The molecule has 9 heteroatoms. The Morgan fingerprint density at radius 2 is 2.10 bits per heavy atom. The molecule has 0 aliphatic heterocycles. The van der Waals surface area contributed by atoms with Crippen molar-refractivity contribution >= 4 is 10.0 Å². The van der Waals surface area contributed by atoms with Crippen LogP contribution in [0, 0.1) is 0 Å². The molecule has 0 spiro atoms. The number of aromatic amines is 1. The summed E-state index contributed by atoms with van der Waals surface area (Å²) in [4.78, 5) is 4.01. The third-order valence-electron chi connectivity index (χ3n) is 2.88. The lowest BCUT2D eigenvalue weighted by molar-refractivity contribution is 0.452. The van der Waals surface area contributed by atoms with Crippen LogP contribution in [0.1, 0.15) is 31.1 Å². The van der Waals surface area contributed by atoms with Gasteiger partial charge in [0.05, 0.1) is 18.9 Å². The number of aromatic nitrogens is 3. The van der Waals surface area contributed by atoms with E-state index < -0.39 is 10.0 Å². The van der Waals surface area contributed by atoms with E-state index in [1.807, 2.05) is 13.8 Å². The standard InChI is InChI=1S/C12H19N5O3S/c1-3-10-7-14-11(20-10)8-16-21(18,19)12-9(5-13-4-2)6-15-17-12/h6-7,13,16H,3-5,8H2,1-2H3,(H,15,17). The average molecular weight is 313 g/mol. The average Bonchev–Trinajstić information content (AvgIpc) is 3.12. The van der Waals surface area contributed by atoms with E-state index in [4.69, 9.17) is 4.42 Å². The fourth-order valence-corrected chi connectivity index (χ4v) is 2.84. The number of H-pyrrole nitrogens is 1. The molecule has 0 aliphatic rings. The van der Waals surface area contributed by atoms with E-state index in [-0.39, 0.29) is 11.6 Å². The minimum absolute atomic E-state index is 0.00198. The molecule has 0 saturated carbocycles. The summed E-state index contributed by atoms with van der Waals surface area (Å²) in [5, 5.41) is 9.43. The van der Waals surface area contributed by atoms with Crippen molar-refractivity contribution in [2.75, 3.05) is 6.54 Å². The first kappa shape index (κ1) is 15.7. The van der Waals surface area contributed by atoms with Gasteiger partial charge in [-0.1, -0.05) is 13.8 Å². The first-order valence-corrected chi connectivity index (χ1v) is 8.21. The summed E-state index contributed by atoms with van der Waals surface area (Å²) in [6.07, 6.45) is 3.81. The molecule has 2 rings (SSSR count). The van der Waals surface area contributed by atoms with Gasteiger partial charge < -0.3 is 9.73 Å². The number of hydrogen-bond acceptors (Lipinski definition) is 6. The van der Waals surface area contributed by atoms with Crippen molar-refractivity contribution in [2.45, 2.75) is 38.4 Å². The number of aryl methyl sites for hydroxylation is 1. The van der Waals surface area contributed by atoms with Crippen LogP contribution in [0.25, 0.3) is 0 Å². The monoisotopic (exact) mass is 313 g/mol. The third kappa shape index (κ3) is 3.90. The summed E-state index contributed by atoms with van der Waals surface area (Å²) in [6.45, 7) is 5.06. The van der Waals surface area contributed by atoms with E-state index in [2.05, 4.69) is 25.2 Å². The van der Waals surface area contributed by atoms with Gasteiger partial charge in [-0.15, -0.1) is 0 Å². The minimum Gasteiger partial charge on any atom is -0.444 e. The molecule has 0 aromatic carbocycles. The highest BCUT2D eigenvalue weighted by atomic mass is 32.2. The largest absolute Gasteiger partial charge is 0.444 e. The highest BCUT2D eigenvalue weighted by molar-refractivity contribution is 7.89. The highest BCUT2D eigenvalue weighted by Crippen LogP contribution is 2.12. The molecule has 0 unspecified atom stereocenters. The molecule has 116 valence electrons. The molecule has 2 aromatic heterocycles. The van der Waals surface area contributed by atoms with Crippen molar-refractivity contribution < 1.29 is 12.8 Å². The van der Waals surface area contributed by atoms with E-state index >= 15 is 0 Å². The Morgan fingerprint density at radius 1 is 1.29 bits per heavy atom. The lowest BCUT2D eigenvalue weighted by Crippen LogP contribution is -2.25. The van der Waals surface area contributed by atoms with Crippen molar-refractivity contribution in [1.82, 2.24) is 25.2 Å². The summed E-state index contributed by atoms with van der Waals surface area (Å²) in [7, 11) is -3.68. The maximum atomic E-state index is 12.2. The summed E-state index contributed by atoms with van der Waals surface area (Å²) in [5.41, 5.74) is 0.589. The molecular formula is C12H19N5O3S. The van der Waals surface area contributed by atoms with Crippen LogP contribution in [0.5, 0.6) is 0 Å². The third-order valence-corrected chi connectivity index (χ3v) is 4.29. The summed E-state index contributed by atoms with van der Waals surface area (Å²) in [5.74, 6) is 1.06. The van der Waals surface area contributed by atoms with E-state index in [1.165, 1.54) is 6.20 Å². The summed E-state index contributed by atoms with van der Waals surface area (Å²) in [6, 6.07) is 0. The van der Waals surface area contributed by atoms with Crippen LogP contribution in [-0.4, -0.2) is 30.1 Å². The lowest BCUT2D eigenvalue weighted by atomic mass is 10.3. The predicted octanol–water partition coefficient (Wildman–Crippen LogP) is 0.548. The molecule has 21 heavy (non-hydrogen) atoms. The lowest BCUT2D eigenvalue weighted by Gasteiger charge is -2.06. The molecule has 0 saturated heterocycles. The molecule has 0 bridgehead atoms. The Morgan fingerprint density at radius 3 is 2.76 bits per heavy atom. The van der Waals surface area contributed by atoms with Crippen molar-refractivity contribution in [1.29, 1.82) is 0 Å². The molecule has 2 heterocycles. The number of hydrogen-bond donors (Lipinski definition) is 3. The number of nitrogens with one attached hydrogen (secondary N) is 3. The topological polar surface area (TPSA) is 113 Å². The van der Waals surface area contributed by atoms with Gasteiger partial charge >= 0.3 is 0 Å². The van der Waals surface area contributed by atoms with Gasteiger partial charge in [-0.25, -0.2) is 18.1 Å². The zero-order chi connectivity index (χ0) is 15.3. The molecule has 0 atom stereocenters. The maximum absolute atomic E-state index is 12.2. The van der Waals surface area contributed by atoms with Gasteiger partial charge in [0.25, 0.3) is 10.0 Å². The zero-order valence-corrected chi connectivity index (χ0v) is 12.8. The molecule has 8 nitrogen and oxygen atoms in total. The first-order valence-electron chi connectivity index (χ1n) is 6.73. The Hall–Kier alpha value is -1.71. The SMILES string of the molecule is CCNCc1cn[nH]c1S(=O)(=O)NCc1ncc(CC)o1. The van der Waals surface area contributed by atoms with Crippen LogP contribution < -0.4 is 10.0 Å². The summed E-state index contributed by atoms with van der Waals surface area (Å²) < 4.78 is 32.3. The van der Waals surface area contributed by atoms with Crippen molar-refractivity contribution in [2.24, 2.45) is 0 Å². The molecule has 0 aliphatic carbocycles. The molecule has 3 N–H and O–H groups in total. The molecule has 0 amide bonds. The minimum atomic E-state index is -3.68. The van der Waals surface area contributed by atoms with Crippen LogP contribution >= 0.6 is 0 Å². The van der Waals surface area contributed by atoms with Gasteiger partial charge in [0.1, 0.15) is 5.76 Å². The zero-order valence-electron chi connectivity index (χ0n) is 12.0. The molecule has 0 radical (unpaired) electrons. The number of rotatable bonds is 8. The van der Waals surface area contributed by atoms with Crippen LogP contribution in [0.2, 0.25) is 0 Å². The second-order valence-electron chi connectivity index (χ2n) is 4.40. The predicted molar refractivity (Wildman–Crippen MR) is 75.9 cm³/mol. The summed E-state index contributed by atoms with van der Waals surface area (Å²) >= 11 is 0. The number of sulfonamides is 1. The normalized spacial score (nSPS) is 11.9. The van der Waals surface area contributed by atoms with Gasteiger partial charge in [-0.3, -0.25) is 5.10 Å². The number of nitrogens with zero attached hydrogens (tertiary/aromatic N) is 2. The molecule has 0 fully saturated rings. The van der Waals surface area contributed by atoms with Gasteiger partial charge in [-0.05, 0) is 6.54 Å². The van der Waals surface area contributed by atoms with Gasteiger partial charge in [0, 0.05) is 18.5 Å². The second kappa shape index (κ2) is 6.83. The van der Waals surface area contributed by atoms with E-state index in [0.29, 0.717) is 24.4 Å². The number of oxazole rings is 1. The Kier molecular flexibility index (Phi) is 5.10. The Balaban J connectivity index is 2.06. The van der Waals surface area contributed by atoms with Crippen molar-refractivity contribution in [3.8, 4) is 0 Å². The highest BCUT2D eigenvalue weighted by Gasteiger charge is 2.21. The van der Waals surface area contributed by atoms with Gasteiger partial charge in [0.15, 0.2) is 5.03 Å². The van der Waals surface area contributed by atoms with Crippen LogP contribution in [0.3, 0.4) is 0 Å². The fourth-order valence-electron chi connectivity index (χ4n) is 1.74. The van der Waals surface area contributed by atoms with Crippen molar-refractivity contribution in [3.63, 3.8) is 0 Å². The molecular weight excluding hydrogens is 294 g/mol. The Labute approximate surface area is 123 Å². The van der Waals surface area contributed by atoms with Gasteiger partial charge in [-0.2, -0.15) is 5.10 Å². The van der Waals surface area contributed by atoms with Gasteiger partial charge in [0.2, 0.25) is 5.89 Å². The van der Waals surface area contributed by atoms with E-state index in [9.17, 15) is 8.42 Å². The maximum Gasteiger partial charge on any atom is 0.258 e.